The SMILES string of the molecule is COc1cc(C(=O)NCCOC(=O)c2cc3c(C)nn(-c4ccccc4)c3s2)cc(OC)c1OC. The first-order valence-electron chi connectivity index (χ1n) is 10.8. The maximum atomic E-state index is 12.6. The molecule has 2 aromatic heterocycles. The van der Waals surface area contributed by atoms with E-state index in [9.17, 15) is 9.59 Å². The van der Waals surface area contributed by atoms with Gasteiger partial charge in [-0.05, 0) is 37.3 Å². The molecule has 1 N–H and O–H groups in total. The zero-order chi connectivity index (χ0) is 24.9. The molecule has 0 aliphatic rings. The summed E-state index contributed by atoms with van der Waals surface area (Å²) in [5.41, 5.74) is 2.08. The van der Waals surface area contributed by atoms with Crippen LogP contribution in [0.25, 0.3) is 15.9 Å². The fourth-order valence-corrected chi connectivity index (χ4v) is 4.66. The van der Waals surface area contributed by atoms with Crippen molar-refractivity contribution in [3.8, 4) is 22.9 Å². The van der Waals surface area contributed by atoms with Crippen molar-refractivity contribution in [2.24, 2.45) is 0 Å². The minimum absolute atomic E-state index is 0.0209. The van der Waals surface area contributed by atoms with Gasteiger partial charge < -0.3 is 24.3 Å². The average Bonchev–Trinajstić information content (AvgIpc) is 3.46. The van der Waals surface area contributed by atoms with Gasteiger partial charge in [0.05, 0.1) is 39.3 Å². The van der Waals surface area contributed by atoms with E-state index in [1.807, 2.05) is 41.9 Å². The van der Waals surface area contributed by atoms with Crippen LogP contribution < -0.4 is 19.5 Å². The molecule has 0 fully saturated rings. The van der Waals surface area contributed by atoms with E-state index in [1.54, 1.807) is 18.2 Å². The van der Waals surface area contributed by atoms with Gasteiger partial charge in [-0.2, -0.15) is 5.10 Å². The molecule has 2 aromatic carbocycles. The highest BCUT2D eigenvalue weighted by Crippen LogP contribution is 2.38. The number of aromatic nitrogens is 2. The Bertz CT molecular complexity index is 1340. The summed E-state index contributed by atoms with van der Waals surface area (Å²) in [5.74, 6) is 0.331. The summed E-state index contributed by atoms with van der Waals surface area (Å²) in [6, 6.07) is 14.6. The normalized spacial score (nSPS) is 10.7. The summed E-state index contributed by atoms with van der Waals surface area (Å²) >= 11 is 1.32. The molecule has 0 saturated heterocycles. The third-order valence-electron chi connectivity index (χ3n) is 5.29. The van der Waals surface area contributed by atoms with Crippen molar-refractivity contribution < 1.29 is 28.5 Å². The van der Waals surface area contributed by atoms with Crippen LogP contribution in [-0.2, 0) is 4.74 Å². The number of rotatable bonds is 9. The molecule has 0 saturated carbocycles. The van der Waals surface area contributed by atoms with Crippen LogP contribution in [-0.4, -0.2) is 56.1 Å². The van der Waals surface area contributed by atoms with E-state index < -0.39 is 5.97 Å². The van der Waals surface area contributed by atoms with E-state index in [0.717, 1.165) is 21.6 Å². The highest BCUT2D eigenvalue weighted by atomic mass is 32.1. The van der Waals surface area contributed by atoms with Gasteiger partial charge in [0, 0.05) is 10.9 Å². The van der Waals surface area contributed by atoms with E-state index in [0.29, 0.717) is 27.7 Å². The number of para-hydroxylation sites is 1. The lowest BCUT2D eigenvalue weighted by atomic mass is 10.1. The van der Waals surface area contributed by atoms with Gasteiger partial charge in [-0.3, -0.25) is 4.79 Å². The third-order valence-corrected chi connectivity index (χ3v) is 6.38. The molecule has 0 unspecified atom stereocenters. The van der Waals surface area contributed by atoms with Gasteiger partial charge in [-0.15, -0.1) is 11.3 Å². The second kappa shape index (κ2) is 10.5. The molecular formula is C25H25N3O6S. The molecule has 9 nitrogen and oxygen atoms in total. The zero-order valence-electron chi connectivity index (χ0n) is 19.8. The lowest BCUT2D eigenvalue weighted by Gasteiger charge is -2.14. The van der Waals surface area contributed by atoms with Crippen LogP contribution in [0.5, 0.6) is 17.2 Å². The summed E-state index contributed by atoms with van der Waals surface area (Å²) in [4.78, 5) is 26.5. The van der Waals surface area contributed by atoms with Crippen LogP contribution in [0.3, 0.4) is 0 Å². The van der Waals surface area contributed by atoms with Gasteiger partial charge >= 0.3 is 5.97 Å². The second-order valence-corrected chi connectivity index (χ2v) is 8.50. The topological polar surface area (TPSA) is 101 Å². The minimum atomic E-state index is -0.452. The number of benzene rings is 2. The van der Waals surface area contributed by atoms with Gasteiger partial charge in [-0.25, -0.2) is 9.48 Å². The van der Waals surface area contributed by atoms with Crippen molar-refractivity contribution >= 4 is 33.4 Å². The number of methoxy groups -OCH3 is 3. The molecule has 0 radical (unpaired) electrons. The number of hydrogen-bond acceptors (Lipinski definition) is 8. The van der Waals surface area contributed by atoms with Crippen LogP contribution in [0.1, 0.15) is 25.7 Å². The van der Waals surface area contributed by atoms with Crippen LogP contribution in [0.15, 0.2) is 48.5 Å². The Hall–Kier alpha value is -4.05. The molecule has 2 heterocycles. The van der Waals surface area contributed by atoms with E-state index in [4.69, 9.17) is 18.9 Å². The van der Waals surface area contributed by atoms with E-state index in [2.05, 4.69) is 10.4 Å². The highest BCUT2D eigenvalue weighted by Gasteiger charge is 2.19. The maximum Gasteiger partial charge on any atom is 0.348 e. The molecule has 4 rings (SSSR count). The fraction of sp³-hybridized carbons (Fsp3) is 0.240. The first-order chi connectivity index (χ1) is 17.0. The number of nitrogens with zero attached hydrogens (tertiary/aromatic N) is 2. The molecular weight excluding hydrogens is 470 g/mol. The average molecular weight is 496 g/mol. The van der Waals surface area contributed by atoms with Gasteiger partial charge in [0.15, 0.2) is 11.5 Å². The summed E-state index contributed by atoms with van der Waals surface area (Å²) in [5, 5.41) is 8.21. The monoisotopic (exact) mass is 495 g/mol. The number of amides is 1. The highest BCUT2D eigenvalue weighted by molar-refractivity contribution is 7.20. The molecule has 0 aliphatic heterocycles. The van der Waals surface area contributed by atoms with Crippen LogP contribution in [0.4, 0.5) is 0 Å². The number of ether oxygens (including phenoxy) is 4. The number of carbonyl (C=O) groups is 2. The van der Waals surface area contributed by atoms with Gasteiger partial charge in [-0.1, -0.05) is 18.2 Å². The Morgan fingerprint density at radius 1 is 1.00 bits per heavy atom. The maximum absolute atomic E-state index is 12.6. The lowest BCUT2D eigenvalue weighted by molar-refractivity contribution is 0.0509. The Morgan fingerprint density at radius 3 is 2.31 bits per heavy atom. The summed E-state index contributed by atoms with van der Waals surface area (Å²) in [7, 11) is 4.45. The van der Waals surface area contributed by atoms with Crippen molar-refractivity contribution in [2.45, 2.75) is 6.92 Å². The van der Waals surface area contributed by atoms with Crippen LogP contribution in [0.2, 0.25) is 0 Å². The molecule has 10 heteroatoms. The van der Waals surface area contributed by atoms with Gasteiger partial charge in [0.2, 0.25) is 5.75 Å². The van der Waals surface area contributed by atoms with Crippen LogP contribution in [0, 0.1) is 6.92 Å². The van der Waals surface area contributed by atoms with Crippen molar-refractivity contribution in [1.29, 1.82) is 0 Å². The molecule has 4 aromatic rings. The van der Waals surface area contributed by atoms with E-state index in [-0.39, 0.29) is 19.1 Å². The second-order valence-electron chi connectivity index (χ2n) is 7.47. The lowest BCUT2D eigenvalue weighted by Crippen LogP contribution is -2.28. The van der Waals surface area contributed by atoms with Crippen molar-refractivity contribution in [3.63, 3.8) is 0 Å². The number of aryl methyl sites for hydroxylation is 1. The van der Waals surface area contributed by atoms with Gasteiger partial charge in [0.25, 0.3) is 5.91 Å². The number of nitrogens with one attached hydrogen (secondary N) is 1. The Balaban J connectivity index is 1.38. The fourth-order valence-electron chi connectivity index (χ4n) is 3.59. The molecule has 0 aliphatic carbocycles. The number of esters is 1. The summed E-state index contributed by atoms with van der Waals surface area (Å²) < 4.78 is 23.0. The Morgan fingerprint density at radius 2 is 1.69 bits per heavy atom. The zero-order valence-corrected chi connectivity index (χ0v) is 20.6. The summed E-state index contributed by atoms with van der Waals surface area (Å²) in [6.45, 7) is 2.07. The van der Waals surface area contributed by atoms with Crippen molar-refractivity contribution in [2.75, 3.05) is 34.5 Å². The number of carbonyl (C=O) groups excluding carboxylic acids is 2. The van der Waals surface area contributed by atoms with Crippen molar-refractivity contribution in [3.05, 3.63) is 64.7 Å². The largest absolute Gasteiger partial charge is 0.493 e. The smallest absolute Gasteiger partial charge is 0.348 e. The number of thiophene rings is 1. The Kier molecular flexibility index (Phi) is 7.21. The van der Waals surface area contributed by atoms with Gasteiger partial charge in [0.1, 0.15) is 16.3 Å². The molecule has 35 heavy (non-hydrogen) atoms. The Labute approximate surface area is 206 Å². The van der Waals surface area contributed by atoms with E-state index in [1.165, 1.54) is 32.7 Å². The first-order valence-corrected chi connectivity index (χ1v) is 11.6. The minimum Gasteiger partial charge on any atom is -0.493 e. The molecule has 0 bridgehead atoms. The standard InChI is InChI=1S/C25H25N3O6S/c1-15-18-14-21(35-24(18)28(27-15)17-8-6-5-7-9-17)25(30)34-11-10-26-23(29)16-12-19(31-2)22(33-4)20(13-16)32-3/h5-9,12-14H,10-11H2,1-4H3,(H,26,29). The summed E-state index contributed by atoms with van der Waals surface area (Å²) in [6.07, 6.45) is 0. The molecule has 1 amide bonds. The predicted molar refractivity (Wildman–Crippen MR) is 132 cm³/mol. The first kappa shape index (κ1) is 24.1. The third kappa shape index (κ3) is 4.92. The molecule has 0 spiro atoms. The van der Waals surface area contributed by atoms with Crippen molar-refractivity contribution in [1.82, 2.24) is 15.1 Å². The predicted octanol–water partition coefficient (Wildman–Crippen LogP) is 4.01. The quantitative estimate of drug-likeness (QED) is 0.277. The molecule has 182 valence electrons. The number of hydrogen-bond donors (Lipinski definition) is 1. The van der Waals surface area contributed by atoms with E-state index >= 15 is 0 Å². The molecule has 0 atom stereocenters. The number of fused-ring (bicyclic) bond motifs is 1. The van der Waals surface area contributed by atoms with Crippen LogP contribution >= 0.6 is 11.3 Å².